The highest BCUT2D eigenvalue weighted by molar-refractivity contribution is 5.68. The van der Waals surface area contributed by atoms with Crippen LogP contribution >= 0.6 is 0 Å². The number of aliphatic carboxylic acids is 2. The summed E-state index contributed by atoms with van der Waals surface area (Å²) in [7, 11) is 2.68. The molecular weight excluding hydrogens is 272 g/mol. The number of hydrogen-bond acceptors (Lipinski definition) is 6. The van der Waals surface area contributed by atoms with Crippen molar-refractivity contribution in [1.29, 1.82) is 0 Å². The highest BCUT2D eigenvalue weighted by Crippen LogP contribution is 2.13. The molecule has 0 aliphatic rings. The van der Waals surface area contributed by atoms with Gasteiger partial charge in [-0.25, -0.2) is 9.59 Å². The van der Waals surface area contributed by atoms with E-state index in [2.05, 4.69) is 9.47 Å². The second-order valence-electron chi connectivity index (χ2n) is 3.17. The third kappa shape index (κ3) is 18.1. The van der Waals surface area contributed by atoms with E-state index in [-0.39, 0.29) is 24.7 Å². The summed E-state index contributed by atoms with van der Waals surface area (Å²) < 4.78 is 8.41. The average molecular weight is 290 g/mol. The first kappa shape index (κ1) is 20.0. The SMILES string of the molecule is COCC(=O)O.COCC(=O)O.Oc1ccc(O)cc1. The van der Waals surface area contributed by atoms with E-state index in [0.29, 0.717) is 0 Å². The monoisotopic (exact) mass is 290 g/mol. The molecule has 114 valence electrons. The van der Waals surface area contributed by atoms with Crippen LogP contribution in [0.25, 0.3) is 0 Å². The molecule has 1 rings (SSSR count). The number of rotatable bonds is 4. The summed E-state index contributed by atoms with van der Waals surface area (Å²) in [6.45, 7) is -0.417. The predicted molar refractivity (Wildman–Crippen MR) is 68.8 cm³/mol. The quantitative estimate of drug-likeness (QED) is 0.590. The Morgan fingerprint density at radius 3 is 1.20 bits per heavy atom. The molecule has 0 aromatic heterocycles. The van der Waals surface area contributed by atoms with Crippen molar-refractivity contribution >= 4 is 11.9 Å². The topological polar surface area (TPSA) is 134 Å². The van der Waals surface area contributed by atoms with E-state index < -0.39 is 11.9 Å². The molecule has 1 aromatic rings. The Labute approximate surface area is 115 Å². The number of carboxylic acids is 2. The lowest BCUT2D eigenvalue weighted by molar-refractivity contribution is -0.142. The minimum Gasteiger partial charge on any atom is -0.508 e. The molecule has 0 radical (unpaired) electrons. The second kappa shape index (κ2) is 13.1. The van der Waals surface area contributed by atoms with Crippen LogP contribution in [0.2, 0.25) is 0 Å². The lowest BCUT2D eigenvalue weighted by Crippen LogP contribution is -2.02. The Morgan fingerprint density at radius 2 is 1.10 bits per heavy atom. The van der Waals surface area contributed by atoms with Gasteiger partial charge in [-0.15, -0.1) is 0 Å². The van der Waals surface area contributed by atoms with E-state index >= 15 is 0 Å². The van der Waals surface area contributed by atoms with Crippen LogP contribution < -0.4 is 0 Å². The van der Waals surface area contributed by atoms with Crippen LogP contribution in [-0.2, 0) is 19.1 Å². The van der Waals surface area contributed by atoms with Gasteiger partial charge in [0.15, 0.2) is 0 Å². The number of methoxy groups -OCH3 is 2. The summed E-state index contributed by atoms with van der Waals surface area (Å²) in [5, 5.41) is 32.9. The van der Waals surface area contributed by atoms with Crippen molar-refractivity contribution in [3.05, 3.63) is 24.3 Å². The van der Waals surface area contributed by atoms with Gasteiger partial charge in [0.1, 0.15) is 24.7 Å². The normalized spacial score (nSPS) is 8.50. The zero-order chi connectivity index (χ0) is 16.0. The van der Waals surface area contributed by atoms with Gasteiger partial charge >= 0.3 is 11.9 Å². The second-order valence-corrected chi connectivity index (χ2v) is 3.17. The molecule has 0 bridgehead atoms. The van der Waals surface area contributed by atoms with Crippen molar-refractivity contribution < 1.29 is 39.5 Å². The van der Waals surface area contributed by atoms with Crippen LogP contribution in [0.3, 0.4) is 0 Å². The van der Waals surface area contributed by atoms with Crippen LogP contribution in [-0.4, -0.2) is 59.8 Å². The first-order chi connectivity index (χ1) is 9.33. The third-order valence-corrected chi connectivity index (χ3v) is 1.39. The number of phenols is 2. The molecule has 0 heterocycles. The Bertz CT molecular complexity index is 337. The highest BCUT2D eigenvalue weighted by atomic mass is 16.5. The average Bonchev–Trinajstić information content (AvgIpc) is 2.34. The smallest absolute Gasteiger partial charge is 0.329 e. The molecule has 0 spiro atoms. The van der Waals surface area contributed by atoms with E-state index in [1.165, 1.54) is 38.5 Å². The minimum atomic E-state index is -0.933. The molecule has 0 aliphatic carbocycles. The minimum absolute atomic E-state index is 0.169. The van der Waals surface area contributed by atoms with Gasteiger partial charge in [-0.3, -0.25) is 0 Å². The van der Waals surface area contributed by atoms with Crippen molar-refractivity contribution in [1.82, 2.24) is 0 Å². The molecule has 4 N–H and O–H groups in total. The van der Waals surface area contributed by atoms with Crippen LogP contribution in [0.15, 0.2) is 24.3 Å². The highest BCUT2D eigenvalue weighted by Gasteiger charge is 1.88. The molecule has 0 amide bonds. The molecule has 8 heteroatoms. The van der Waals surface area contributed by atoms with E-state index in [0.717, 1.165) is 0 Å². The van der Waals surface area contributed by atoms with Crippen LogP contribution in [0.1, 0.15) is 0 Å². The fraction of sp³-hybridized carbons (Fsp3) is 0.333. The van der Waals surface area contributed by atoms with Crippen LogP contribution in [0, 0.1) is 0 Å². The number of carbonyl (C=O) groups is 2. The number of hydrogen-bond donors (Lipinski definition) is 4. The number of ether oxygens (including phenoxy) is 2. The molecule has 0 aliphatic heterocycles. The fourth-order valence-electron chi connectivity index (χ4n) is 0.700. The van der Waals surface area contributed by atoms with Gasteiger partial charge in [-0.2, -0.15) is 0 Å². The van der Waals surface area contributed by atoms with Crippen molar-refractivity contribution in [3.63, 3.8) is 0 Å². The largest absolute Gasteiger partial charge is 0.508 e. The van der Waals surface area contributed by atoms with Gasteiger partial charge in [-0.1, -0.05) is 0 Å². The summed E-state index contributed by atoms with van der Waals surface area (Å²) in [4.78, 5) is 18.9. The van der Waals surface area contributed by atoms with E-state index in [1.54, 1.807) is 0 Å². The van der Waals surface area contributed by atoms with Crippen molar-refractivity contribution in [2.45, 2.75) is 0 Å². The van der Waals surface area contributed by atoms with Gasteiger partial charge in [0.05, 0.1) is 0 Å². The summed E-state index contributed by atoms with van der Waals surface area (Å²) in [5.74, 6) is -1.53. The van der Waals surface area contributed by atoms with Gasteiger partial charge in [0, 0.05) is 14.2 Å². The molecular formula is C12H18O8. The van der Waals surface area contributed by atoms with E-state index in [1.807, 2.05) is 0 Å². The van der Waals surface area contributed by atoms with E-state index in [9.17, 15) is 9.59 Å². The standard InChI is InChI=1S/C6H6O2.2C3H6O3/c7-5-1-2-6(8)4-3-5;2*1-6-2-3(4)5/h1-4,7-8H;2*2H2,1H3,(H,4,5). The fourth-order valence-corrected chi connectivity index (χ4v) is 0.700. The number of aromatic hydroxyl groups is 2. The Kier molecular flexibility index (Phi) is 13.1. The zero-order valence-electron chi connectivity index (χ0n) is 11.1. The first-order valence-electron chi connectivity index (χ1n) is 5.22. The maximum Gasteiger partial charge on any atom is 0.329 e. The summed E-state index contributed by atoms with van der Waals surface area (Å²) in [6.07, 6.45) is 0. The van der Waals surface area contributed by atoms with Crippen molar-refractivity contribution in [2.24, 2.45) is 0 Å². The number of carboxylic acid groups (broad SMARTS) is 2. The molecule has 1 aromatic carbocycles. The van der Waals surface area contributed by atoms with Gasteiger partial charge in [0.2, 0.25) is 0 Å². The number of phenolic OH excluding ortho intramolecular Hbond substituents is 2. The summed E-state index contributed by atoms with van der Waals surface area (Å²) in [6, 6.07) is 5.70. The molecule has 0 saturated carbocycles. The summed E-state index contributed by atoms with van der Waals surface area (Å²) >= 11 is 0. The van der Waals surface area contributed by atoms with Crippen LogP contribution in [0.5, 0.6) is 11.5 Å². The van der Waals surface area contributed by atoms with E-state index in [4.69, 9.17) is 20.4 Å². The van der Waals surface area contributed by atoms with Crippen molar-refractivity contribution in [2.75, 3.05) is 27.4 Å². The maximum atomic E-state index is 9.47. The first-order valence-corrected chi connectivity index (χ1v) is 5.22. The van der Waals surface area contributed by atoms with Gasteiger partial charge < -0.3 is 29.9 Å². The lowest BCUT2D eigenvalue weighted by Gasteiger charge is -1.88. The zero-order valence-corrected chi connectivity index (χ0v) is 11.1. The molecule has 20 heavy (non-hydrogen) atoms. The lowest BCUT2D eigenvalue weighted by atomic mass is 10.3. The Hall–Kier alpha value is -2.32. The van der Waals surface area contributed by atoms with Gasteiger partial charge in [-0.05, 0) is 24.3 Å². The maximum absolute atomic E-state index is 9.47. The molecule has 0 fully saturated rings. The van der Waals surface area contributed by atoms with Crippen molar-refractivity contribution in [3.8, 4) is 11.5 Å². The molecule has 8 nitrogen and oxygen atoms in total. The molecule has 0 unspecified atom stereocenters. The Morgan fingerprint density at radius 1 is 0.850 bits per heavy atom. The summed E-state index contributed by atoms with van der Waals surface area (Å²) in [5.41, 5.74) is 0. The molecule has 0 atom stereocenters. The molecule has 0 saturated heterocycles. The van der Waals surface area contributed by atoms with Crippen LogP contribution in [0.4, 0.5) is 0 Å². The Balaban J connectivity index is 0. The predicted octanol–water partition coefficient (Wildman–Crippen LogP) is 0.533. The number of benzene rings is 1. The van der Waals surface area contributed by atoms with Gasteiger partial charge in [0.25, 0.3) is 0 Å². The third-order valence-electron chi connectivity index (χ3n) is 1.39.